The number of hydrogen-bond donors (Lipinski definition) is 2. The van der Waals surface area contributed by atoms with Gasteiger partial charge in [-0.05, 0) is 26.3 Å². The summed E-state index contributed by atoms with van der Waals surface area (Å²) < 4.78 is 1.73. The fourth-order valence-electron chi connectivity index (χ4n) is 0.785. The van der Waals surface area contributed by atoms with Gasteiger partial charge in [-0.25, -0.2) is 4.68 Å². The van der Waals surface area contributed by atoms with E-state index in [0.717, 1.165) is 0 Å². The molecule has 6 nitrogen and oxygen atoms in total. The van der Waals surface area contributed by atoms with E-state index in [4.69, 9.17) is 12.2 Å². The van der Waals surface area contributed by atoms with E-state index in [9.17, 15) is 4.79 Å². The number of nitrogens with zero attached hydrogens (tertiary/aromatic N) is 3. The number of rotatable bonds is 3. The summed E-state index contributed by atoms with van der Waals surface area (Å²) in [5.74, 6) is -0.137. The van der Waals surface area contributed by atoms with Crippen molar-refractivity contribution >= 4 is 18.1 Å². The van der Waals surface area contributed by atoms with Crippen LogP contribution in [0.25, 0.3) is 0 Å². The van der Waals surface area contributed by atoms with Crippen LogP contribution in [-0.4, -0.2) is 46.3 Å². The molecule has 1 rings (SSSR count). The predicted octanol–water partition coefficient (Wildman–Crippen LogP) is -0.428. The molecular weight excluding hydrogens is 190 g/mol. The quantitative estimate of drug-likeness (QED) is 0.651. The second-order valence-electron chi connectivity index (χ2n) is 2.80. The van der Waals surface area contributed by atoms with E-state index in [1.165, 1.54) is 11.0 Å². The Morgan fingerprint density at radius 2 is 2.54 bits per heavy atom. The Morgan fingerprint density at radius 3 is 3.00 bits per heavy atom. The number of carbonyl (C=O) groups excluding carboxylic acids is 1. The Bertz CT molecular complexity index is 341. The Hall–Kier alpha value is -1.21. The third-order valence-electron chi connectivity index (χ3n) is 1.26. The first-order chi connectivity index (χ1) is 6.09. The average Bonchev–Trinajstić information content (AvgIpc) is 2.34. The maximum absolute atomic E-state index is 11.2. The number of aromatic nitrogens is 3. The molecule has 0 aliphatic heterocycles. The summed E-state index contributed by atoms with van der Waals surface area (Å²) in [6, 6.07) is 0. The predicted molar refractivity (Wildman–Crippen MR) is 50.3 cm³/mol. The molecule has 0 atom stereocenters. The van der Waals surface area contributed by atoms with E-state index >= 15 is 0 Å². The molecule has 0 radical (unpaired) electrons. The SMILES string of the molecule is CN(C)CC(=O)Nn1cn[nH]c1=S. The molecular formula is C6H11N5OS. The lowest BCUT2D eigenvalue weighted by atomic mass is 10.6. The van der Waals surface area contributed by atoms with Crippen molar-refractivity contribution in [2.45, 2.75) is 0 Å². The molecule has 0 aliphatic rings. The van der Waals surface area contributed by atoms with E-state index < -0.39 is 0 Å². The van der Waals surface area contributed by atoms with Crippen LogP contribution < -0.4 is 5.43 Å². The first kappa shape index (κ1) is 9.87. The third-order valence-corrected chi connectivity index (χ3v) is 1.55. The number of likely N-dealkylation sites (N-methyl/N-ethyl adjacent to an activating group) is 1. The van der Waals surface area contributed by atoms with Gasteiger partial charge in [-0.2, -0.15) is 5.10 Å². The standard InChI is InChI=1S/C6H11N5OS/c1-10(2)3-5(12)9-11-4-7-8-6(11)13/h4H,3H2,1-2H3,(H,8,13)(H,9,12). The van der Waals surface area contributed by atoms with Gasteiger partial charge in [-0.3, -0.25) is 15.3 Å². The van der Waals surface area contributed by atoms with Crippen molar-refractivity contribution in [3.63, 3.8) is 0 Å². The molecule has 0 unspecified atom stereocenters. The van der Waals surface area contributed by atoms with Gasteiger partial charge in [0.2, 0.25) is 4.77 Å². The molecule has 1 aromatic heterocycles. The first-order valence-corrected chi connectivity index (χ1v) is 4.07. The third kappa shape index (κ3) is 2.96. The Balaban J connectivity index is 2.55. The molecule has 0 bridgehead atoms. The van der Waals surface area contributed by atoms with Crippen LogP contribution >= 0.6 is 12.2 Å². The zero-order chi connectivity index (χ0) is 9.84. The van der Waals surface area contributed by atoms with Crippen molar-refractivity contribution in [2.24, 2.45) is 0 Å². The second kappa shape index (κ2) is 4.15. The maximum Gasteiger partial charge on any atom is 0.253 e. The lowest BCUT2D eigenvalue weighted by molar-refractivity contribution is -0.117. The maximum atomic E-state index is 11.2. The molecule has 1 aromatic rings. The van der Waals surface area contributed by atoms with Crippen molar-refractivity contribution in [3.05, 3.63) is 11.1 Å². The van der Waals surface area contributed by atoms with Crippen LogP contribution in [-0.2, 0) is 4.79 Å². The van der Waals surface area contributed by atoms with E-state index in [-0.39, 0.29) is 5.91 Å². The normalized spacial score (nSPS) is 10.4. The van der Waals surface area contributed by atoms with Gasteiger partial charge >= 0.3 is 0 Å². The van der Waals surface area contributed by atoms with Crippen LogP contribution in [0.5, 0.6) is 0 Å². The molecule has 0 saturated heterocycles. The van der Waals surface area contributed by atoms with Crippen LogP contribution in [0.4, 0.5) is 0 Å². The highest BCUT2D eigenvalue weighted by Gasteiger charge is 2.03. The lowest BCUT2D eigenvalue weighted by Gasteiger charge is -2.09. The van der Waals surface area contributed by atoms with E-state index in [1.807, 2.05) is 14.1 Å². The first-order valence-electron chi connectivity index (χ1n) is 3.66. The van der Waals surface area contributed by atoms with Gasteiger partial charge in [0.15, 0.2) is 0 Å². The molecule has 1 heterocycles. The average molecular weight is 201 g/mol. The highest BCUT2D eigenvalue weighted by molar-refractivity contribution is 7.71. The van der Waals surface area contributed by atoms with Crippen molar-refractivity contribution in [2.75, 3.05) is 26.1 Å². The summed E-state index contributed by atoms with van der Waals surface area (Å²) in [5, 5.41) is 6.19. The molecule has 72 valence electrons. The fourth-order valence-corrected chi connectivity index (χ4v) is 0.930. The summed E-state index contributed by atoms with van der Waals surface area (Å²) in [7, 11) is 3.63. The van der Waals surface area contributed by atoms with Crippen molar-refractivity contribution in [3.8, 4) is 0 Å². The molecule has 0 fully saturated rings. The van der Waals surface area contributed by atoms with Crippen molar-refractivity contribution < 1.29 is 4.79 Å². The highest BCUT2D eigenvalue weighted by Crippen LogP contribution is 1.83. The monoisotopic (exact) mass is 201 g/mol. The Labute approximate surface area is 80.5 Å². The minimum Gasteiger partial charge on any atom is -0.301 e. The Kier molecular flexibility index (Phi) is 3.15. The smallest absolute Gasteiger partial charge is 0.253 e. The second-order valence-corrected chi connectivity index (χ2v) is 3.19. The van der Waals surface area contributed by atoms with Crippen LogP contribution in [0.15, 0.2) is 6.33 Å². The molecule has 0 aromatic carbocycles. The summed E-state index contributed by atoms with van der Waals surface area (Å²) in [5.41, 5.74) is 2.56. The lowest BCUT2D eigenvalue weighted by Crippen LogP contribution is -2.31. The number of aromatic amines is 1. The number of H-pyrrole nitrogens is 1. The van der Waals surface area contributed by atoms with Crippen LogP contribution in [0.2, 0.25) is 0 Å². The Morgan fingerprint density at radius 1 is 1.85 bits per heavy atom. The number of hydrogen-bond acceptors (Lipinski definition) is 4. The molecule has 2 N–H and O–H groups in total. The molecule has 1 amide bonds. The largest absolute Gasteiger partial charge is 0.301 e. The molecule has 0 aliphatic carbocycles. The minimum absolute atomic E-state index is 0.137. The zero-order valence-corrected chi connectivity index (χ0v) is 8.26. The summed E-state index contributed by atoms with van der Waals surface area (Å²) in [6.45, 7) is 0.312. The summed E-state index contributed by atoms with van der Waals surface area (Å²) in [4.78, 5) is 13.0. The number of carbonyl (C=O) groups is 1. The van der Waals surface area contributed by atoms with E-state index in [0.29, 0.717) is 11.3 Å². The van der Waals surface area contributed by atoms with Crippen LogP contribution in [0.3, 0.4) is 0 Å². The van der Waals surface area contributed by atoms with Crippen molar-refractivity contribution in [1.82, 2.24) is 19.8 Å². The van der Waals surface area contributed by atoms with Gasteiger partial charge in [0.05, 0.1) is 6.54 Å². The van der Waals surface area contributed by atoms with Crippen LogP contribution in [0.1, 0.15) is 0 Å². The van der Waals surface area contributed by atoms with Gasteiger partial charge < -0.3 is 4.90 Å². The van der Waals surface area contributed by atoms with E-state index in [1.54, 1.807) is 4.90 Å². The van der Waals surface area contributed by atoms with Gasteiger partial charge in [0.25, 0.3) is 5.91 Å². The zero-order valence-electron chi connectivity index (χ0n) is 7.44. The van der Waals surface area contributed by atoms with Gasteiger partial charge in [0, 0.05) is 0 Å². The number of amides is 1. The van der Waals surface area contributed by atoms with Gasteiger partial charge in [-0.1, -0.05) is 0 Å². The molecule has 0 spiro atoms. The molecule has 7 heteroatoms. The summed E-state index contributed by atoms with van der Waals surface area (Å²) in [6.07, 6.45) is 1.41. The minimum atomic E-state index is -0.137. The van der Waals surface area contributed by atoms with Crippen molar-refractivity contribution in [1.29, 1.82) is 0 Å². The van der Waals surface area contributed by atoms with Gasteiger partial charge in [0.1, 0.15) is 6.33 Å². The summed E-state index contributed by atoms with van der Waals surface area (Å²) >= 11 is 4.83. The highest BCUT2D eigenvalue weighted by atomic mass is 32.1. The van der Waals surface area contributed by atoms with Gasteiger partial charge in [-0.15, -0.1) is 0 Å². The van der Waals surface area contributed by atoms with E-state index in [2.05, 4.69) is 15.6 Å². The molecule has 0 saturated carbocycles. The molecule has 13 heavy (non-hydrogen) atoms. The van der Waals surface area contributed by atoms with Crippen LogP contribution in [0, 0.1) is 4.77 Å². The fraction of sp³-hybridized carbons (Fsp3) is 0.500. The number of nitrogens with one attached hydrogen (secondary N) is 2. The topological polar surface area (TPSA) is 66.0 Å².